The van der Waals surface area contributed by atoms with Gasteiger partial charge in [-0.15, -0.1) is 11.6 Å². The maximum absolute atomic E-state index is 13.2. The second kappa shape index (κ2) is 9.89. The predicted molar refractivity (Wildman–Crippen MR) is 135 cm³/mol. The Hall–Kier alpha value is -3.07. The van der Waals surface area contributed by atoms with Crippen LogP contribution in [0.25, 0.3) is 0 Å². The van der Waals surface area contributed by atoms with Crippen molar-refractivity contribution in [1.29, 1.82) is 5.41 Å². The van der Waals surface area contributed by atoms with Crippen LogP contribution in [0, 0.1) is 15.5 Å². The van der Waals surface area contributed by atoms with Gasteiger partial charge in [-0.2, -0.15) is 4.37 Å². The molecule has 3 aromatic heterocycles. The van der Waals surface area contributed by atoms with Crippen LogP contribution in [-0.2, 0) is 0 Å². The van der Waals surface area contributed by atoms with Gasteiger partial charge in [-0.05, 0) is 34.8 Å². The van der Waals surface area contributed by atoms with Crippen LogP contribution in [0.3, 0.4) is 0 Å². The van der Waals surface area contributed by atoms with Crippen LogP contribution in [0.4, 0.5) is 21.6 Å². The first-order valence-corrected chi connectivity index (χ1v) is 12.6. The summed E-state index contributed by atoms with van der Waals surface area (Å²) in [5, 5.41) is 35.3. The second-order valence-corrected chi connectivity index (χ2v) is 10.2. The first-order valence-electron chi connectivity index (χ1n) is 10.2. The van der Waals surface area contributed by atoms with Crippen molar-refractivity contribution in [3.05, 3.63) is 43.5 Å². The van der Waals surface area contributed by atoms with Crippen LogP contribution in [0.5, 0.6) is 5.88 Å². The van der Waals surface area contributed by atoms with Crippen molar-refractivity contribution in [2.45, 2.75) is 31.7 Å². The van der Waals surface area contributed by atoms with Gasteiger partial charge < -0.3 is 30.8 Å². The molecule has 35 heavy (non-hydrogen) atoms. The van der Waals surface area contributed by atoms with E-state index in [1.165, 1.54) is 17.3 Å². The largest absolute Gasteiger partial charge is 0.492 e. The summed E-state index contributed by atoms with van der Waals surface area (Å²) in [6.07, 6.45) is 3.38. The summed E-state index contributed by atoms with van der Waals surface area (Å²) in [4.78, 5) is 33.2. The summed E-state index contributed by atoms with van der Waals surface area (Å²) < 4.78 is 3.91. The Labute approximate surface area is 216 Å². The molecule has 12 nitrogen and oxygen atoms in total. The fraction of sp³-hybridized carbons (Fsp3) is 0.316. The van der Waals surface area contributed by atoms with E-state index in [2.05, 4.69) is 25.0 Å². The van der Waals surface area contributed by atoms with Gasteiger partial charge in [0.2, 0.25) is 5.88 Å². The second-order valence-electron chi connectivity index (χ2n) is 7.53. The van der Waals surface area contributed by atoms with Gasteiger partial charge in [-0.25, -0.2) is 4.98 Å². The van der Waals surface area contributed by atoms with Gasteiger partial charge in [0, 0.05) is 18.2 Å². The molecule has 0 saturated heterocycles. The smallest absolute Gasteiger partial charge is 0.382 e. The number of carbonyl (C=O) groups is 1. The SMILES string of the molecule is CCC(C)NC(=N)c1c(O)nsc1Nc1ncc(C(=O)N2CC(Cl)c3c2cnc([N+](=O)[O-])c3Cl)s1. The number of pyridine rings is 1. The summed E-state index contributed by atoms with van der Waals surface area (Å²) in [7, 11) is 0. The lowest BCUT2D eigenvalue weighted by atomic mass is 10.2. The molecule has 4 heterocycles. The number of fused-ring (bicyclic) bond motifs is 1. The van der Waals surface area contributed by atoms with Crippen molar-refractivity contribution < 1.29 is 14.8 Å². The Morgan fingerprint density at radius 3 is 2.89 bits per heavy atom. The fourth-order valence-electron chi connectivity index (χ4n) is 3.34. The minimum absolute atomic E-state index is 0.0151. The van der Waals surface area contributed by atoms with Crippen LogP contribution in [0.15, 0.2) is 12.4 Å². The summed E-state index contributed by atoms with van der Waals surface area (Å²) in [6.45, 7) is 3.95. The van der Waals surface area contributed by atoms with E-state index in [0.717, 1.165) is 29.3 Å². The van der Waals surface area contributed by atoms with E-state index in [-0.39, 0.29) is 45.3 Å². The van der Waals surface area contributed by atoms with E-state index < -0.39 is 22.0 Å². The Morgan fingerprint density at radius 2 is 2.20 bits per heavy atom. The maximum Gasteiger partial charge on any atom is 0.382 e. The standard InChI is InChI=1S/C19H18Cl2N8O4S2/c1-3-7(2)25-14(22)12-16(30)27-35-17(12)26-19-24-5-10(34-19)18(31)28-6-8(20)11-9(28)4-23-15(13(11)21)29(32)33/h4-5,7-8H,3,6H2,1-2H3,(H2,22,25)(H,24,26)(H,27,30). The van der Waals surface area contributed by atoms with Gasteiger partial charge >= 0.3 is 5.82 Å². The molecular weight excluding hydrogens is 539 g/mol. The maximum atomic E-state index is 13.2. The number of amidine groups is 1. The lowest BCUT2D eigenvalue weighted by Crippen LogP contribution is -2.32. The lowest BCUT2D eigenvalue weighted by Gasteiger charge is -2.14. The van der Waals surface area contributed by atoms with Gasteiger partial charge in [0.1, 0.15) is 26.3 Å². The predicted octanol–water partition coefficient (Wildman–Crippen LogP) is 4.66. The molecule has 0 aromatic carbocycles. The first kappa shape index (κ1) is 25.0. The number of hydrogen-bond acceptors (Lipinski definition) is 11. The molecule has 3 aromatic rings. The highest BCUT2D eigenvalue weighted by molar-refractivity contribution is 7.18. The summed E-state index contributed by atoms with van der Waals surface area (Å²) >= 11 is 14.5. The molecule has 0 fully saturated rings. The summed E-state index contributed by atoms with van der Waals surface area (Å²) in [5.74, 6) is -1.22. The Bertz CT molecular complexity index is 1330. The Balaban J connectivity index is 1.56. The highest BCUT2D eigenvalue weighted by atomic mass is 35.5. The van der Waals surface area contributed by atoms with E-state index >= 15 is 0 Å². The number of alkyl halides is 1. The van der Waals surface area contributed by atoms with E-state index in [9.17, 15) is 20.0 Å². The number of nitro groups is 1. The van der Waals surface area contributed by atoms with Crippen molar-refractivity contribution >= 4 is 79.5 Å². The molecule has 1 aliphatic heterocycles. The quantitative estimate of drug-likeness (QED) is 0.106. The van der Waals surface area contributed by atoms with Crippen LogP contribution in [0.1, 0.15) is 46.4 Å². The monoisotopic (exact) mass is 556 g/mol. The van der Waals surface area contributed by atoms with E-state index in [1.807, 2.05) is 13.8 Å². The van der Waals surface area contributed by atoms with Crippen LogP contribution in [-0.4, -0.2) is 48.7 Å². The molecule has 2 atom stereocenters. The fourth-order valence-corrected chi connectivity index (χ4v) is 5.63. The molecule has 4 rings (SSSR count). The molecular formula is C19H18Cl2N8O4S2. The number of thiazole rings is 1. The molecule has 16 heteroatoms. The van der Waals surface area contributed by atoms with E-state index in [0.29, 0.717) is 15.8 Å². The van der Waals surface area contributed by atoms with Crippen molar-refractivity contribution in [1.82, 2.24) is 19.7 Å². The minimum atomic E-state index is -0.736. The van der Waals surface area contributed by atoms with Gasteiger partial charge in [0.15, 0.2) is 11.3 Å². The Kier molecular flexibility index (Phi) is 7.07. The Morgan fingerprint density at radius 1 is 1.46 bits per heavy atom. The van der Waals surface area contributed by atoms with E-state index in [1.54, 1.807) is 0 Å². The number of carbonyl (C=O) groups excluding carboxylic acids is 1. The molecule has 4 N–H and O–H groups in total. The number of nitrogens with one attached hydrogen (secondary N) is 3. The first-order chi connectivity index (χ1) is 16.6. The number of rotatable bonds is 7. The summed E-state index contributed by atoms with van der Waals surface area (Å²) in [5.41, 5.74) is 0.787. The van der Waals surface area contributed by atoms with Gasteiger partial charge in [-0.1, -0.05) is 29.9 Å². The third-order valence-electron chi connectivity index (χ3n) is 5.25. The topological polar surface area (TPSA) is 170 Å². The number of aromatic hydroxyl groups is 1. The minimum Gasteiger partial charge on any atom is -0.492 e. The number of aromatic nitrogens is 3. The van der Waals surface area contributed by atoms with Crippen LogP contribution in [0.2, 0.25) is 5.02 Å². The molecule has 0 aliphatic carbocycles. The van der Waals surface area contributed by atoms with Crippen LogP contribution < -0.4 is 15.5 Å². The number of halogens is 2. The highest BCUT2D eigenvalue weighted by Crippen LogP contribution is 2.46. The zero-order valence-corrected chi connectivity index (χ0v) is 21.3. The van der Waals surface area contributed by atoms with Gasteiger partial charge in [-0.3, -0.25) is 10.2 Å². The van der Waals surface area contributed by atoms with Crippen LogP contribution >= 0.6 is 46.1 Å². The average Bonchev–Trinajstić information content (AvgIpc) is 3.51. The molecule has 0 saturated carbocycles. The average molecular weight is 557 g/mol. The number of amides is 1. The molecule has 0 radical (unpaired) electrons. The third kappa shape index (κ3) is 4.74. The molecule has 1 amide bonds. The van der Waals surface area contributed by atoms with Gasteiger partial charge in [0.25, 0.3) is 5.91 Å². The van der Waals surface area contributed by atoms with E-state index in [4.69, 9.17) is 28.6 Å². The number of nitrogens with zero attached hydrogens (tertiary/aromatic N) is 5. The molecule has 2 unspecified atom stereocenters. The summed E-state index contributed by atoms with van der Waals surface area (Å²) in [6, 6.07) is 0.0252. The normalized spacial score (nSPS) is 15.5. The zero-order valence-electron chi connectivity index (χ0n) is 18.2. The van der Waals surface area contributed by atoms with Crippen molar-refractivity contribution in [3.8, 4) is 5.88 Å². The molecule has 184 valence electrons. The molecule has 0 bridgehead atoms. The third-order valence-corrected chi connectivity index (χ3v) is 7.63. The van der Waals surface area contributed by atoms with Crippen molar-refractivity contribution in [2.24, 2.45) is 0 Å². The van der Waals surface area contributed by atoms with Crippen molar-refractivity contribution in [2.75, 3.05) is 16.8 Å². The number of anilines is 3. The highest BCUT2D eigenvalue weighted by Gasteiger charge is 2.38. The zero-order chi connectivity index (χ0) is 25.4. The molecule has 0 spiro atoms. The van der Waals surface area contributed by atoms with Gasteiger partial charge in [0.05, 0.1) is 17.3 Å². The van der Waals surface area contributed by atoms with Crippen molar-refractivity contribution in [3.63, 3.8) is 0 Å². The lowest BCUT2D eigenvalue weighted by molar-refractivity contribution is -0.389. The molecule has 1 aliphatic rings. The number of hydrogen-bond donors (Lipinski definition) is 4.